The molecule has 178 valence electrons. The Labute approximate surface area is 197 Å². The first-order valence-corrected chi connectivity index (χ1v) is 12.2. The minimum absolute atomic E-state index is 0.0308. The van der Waals surface area contributed by atoms with E-state index < -0.39 is 39.3 Å². The summed E-state index contributed by atoms with van der Waals surface area (Å²) in [4.78, 5) is 37.6. The number of nitro benzene ring substituents is 1. The van der Waals surface area contributed by atoms with Gasteiger partial charge in [-0.2, -0.15) is 0 Å². The highest BCUT2D eigenvalue weighted by atomic mass is 35.5. The highest BCUT2D eigenvalue weighted by Crippen LogP contribution is 2.25. The topological polar surface area (TPSA) is 130 Å². The molecular weight excluding hydrogens is 472 g/mol. The molecule has 1 atom stereocenters. The third-order valence-electron chi connectivity index (χ3n) is 4.94. The van der Waals surface area contributed by atoms with Crippen molar-refractivity contribution in [3.8, 4) is 0 Å². The van der Waals surface area contributed by atoms with Crippen LogP contribution in [0.2, 0.25) is 5.02 Å². The third-order valence-corrected chi connectivity index (χ3v) is 6.45. The molecule has 0 aliphatic carbocycles. The first-order chi connectivity index (χ1) is 15.5. The molecule has 2 aromatic carbocycles. The monoisotopic (exact) mass is 496 g/mol. The van der Waals surface area contributed by atoms with Gasteiger partial charge in [0, 0.05) is 30.7 Å². The highest BCUT2D eigenvalue weighted by Gasteiger charge is 2.32. The summed E-state index contributed by atoms with van der Waals surface area (Å²) in [5.41, 5.74) is 0.222. The molecule has 10 nitrogen and oxygen atoms in total. The Morgan fingerprint density at radius 1 is 1.18 bits per heavy atom. The van der Waals surface area contributed by atoms with Crippen LogP contribution in [-0.2, 0) is 26.2 Å². The van der Waals surface area contributed by atoms with Gasteiger partial charge in [-0.3, -0.25) is 24.0 Å². The van der Waals surface area contributed by atoms with Crippen molar-refractivity contribution in [3.05, 3.63) is 69.2 Å². The maximum atomic E-state index is 13.4. The van der Waals surface area contributed by atoms with Gasteiger partial charge >= 0.3 is 0 Å². The number of rotatable bonds is 10. The van der Waals surface area contributed by atoms with Gasteiger partial charge in [-0.05, 0) is 24.1 Å². The first-order valence-electron chi connectivity index (χ1n) is 9.96. The van der Waals surface area contributed by atoms with Crippen molar-refractivity contribution in [2.24, 2.45) is 0 Å². The molecule has 2 rings (SSSR count). The zero-order chi connectivity index (χ0) is 24.8. The van der Waals surface area contributed by atoms with Gasteiger partial charge in [0.25, 0.3) is 5.69 Å². The van der Waals surface area contributed by atoms with Crippen molar-refractivity contribution in [2.45, 2.75) is 25.9 Å². The van der Waals surface area contributed by atoms with E-state index >= 15 is 0 Å². The molecule has 0 heterocycles. The Bertz CT molecular complexity index is 1140. The van der Waals surface area contributed by atoms with Crippen LogP contribution in [0.1, 0.15) is 18.9 Å². The van der Waals surface area contributed by atoms with Crippen molar-refractivity contribution in [1.29, 1.82) is 0 Å². The minimum atomic E-state index is -3.99. The molecular formula is C21H25ClN4O6S. The molecule has 0 fully saturated rings. The van der Waals surface area contributed by atoms with Crippen LogP contribution in [0.4, 0.5) is 11.4 Å². The fourth-order valence-electron chi connectivity index (χ4n) is 3.27. The molecule has 0 aliphatic heterocycles. The Balaban J connectivity index is 2.48. The molecule has 2 aromatic rings. The number of hydrogen-bond donors (Lipinski definition) is 1. The summed E-state index contributed by atoms with van der Waals surface area (Å²) in [5, 5.41) is 14.0. The van der Waals surface area contributed by atoms with Crippen molar-refractivity contribution < 1.29 is 22.9 Å². The van der Waals surface area contributed by atoms with Gasteiger partial charge in [0.1, 0.15) is 12.6 Å². The van der Waals surface area contributed by atoms with Gasteiger partial charge in [0.2, 0.25) is 21.8 Å². The van der Waals surface area contributed by atoms with Crippen LogP contribution in [0.15, 0.2) is 48.5 Å². The van der Waals surface area contributed by atoms with E-state index in [2.05, 4.69) is 5.32 Å². The standard InChI is InChI=1S/C21H25ClN4O6S/c1-4-19(21(28)23-2)24(13-15-8-5-6-11-18(15)22)20(27)14-25(33(3,31)32)16-9-7-10-17(12-16)26(29)30/h5-12,19H,4,13-14H2,1-3H3,(H,23,28)/t19-/m1/s1. The Kier molecular flexibility index (Phi) is 8.77. The second kappa shape index (κ2) is 11.1. The van der Waals surface area contributed by atoms with Gasteiger partial charge in [0.15, 0.2) is 0 Å². The van der Waals surface area contributed by atoms with Gasteiger partial charge in [0.05, 0.1) is 16.9 Å². The summed E-state index contributed by atoms with van der Waals surface area (Å²) in [6.07, 6.45) is 1.17. The molecule has 2 amide bonds. The number of benzene rings is 2. The van der Waals surface area contributed by atoms with Crippen molar-refractivity contribution in [3.63, 3.8) is 0 Å². The SMILES string of the molecule is CC[C@H](C(=O)NC)N(Cc1ccccc1Cl)C(=O)CN(c1cccc([N+](=O)[O-])c1)S(C)(=O)=O. The number of halogens is 1. The number of nitrogens with one attached hydrogen (secondary N) is 1. The molecule has 0 bridgehead atoms. The van der Waals surface area contributed by atoms with Crippen molar-refractivity contribution in [1.82, 2.24) is 10.2 Å². The van der Waals surface area contributed by atoms with Gasteiger partial charge in [-0.25, -0.2) is 8.42 Å². The summed E-state index contributed by atoms with van der Waals surface area (Å²) in [6, 6.07) is 10.9. The van der Waals surface area contributed by atoms with E-state index in [-0.39, 0.29) is 24.3 Å². The van der Waals surface area contributed by atoms with Gasteiger partial charge in [-0.15, -0.1) is 0 Å². The third kappa shape index (κ3) is 6.65. The summed E-state index contributed by atoms with van der Waals surface area (Å²) in [7, 11) is -2.55. The highest BCUT2D eigenvalue weighted by molar-refractivity contribution is 7.92. The van der Waals surface area contributed by atoms with E-state index in [0.29, 0.717) is 10.6 Å². The number of nitro groups is 1. The average Bonchev–Trinajstić information content (AvgIpc) is 2.77. The lowest BCUT2D eigenvalue weighted by molar-refractivity contribution is -0.384. The van der Waals surface area contributed by atoms with Crippen molar-refractivity contribution >= 4 is 44.8 Å². The zero-order valence-electron chi connectivity index (χ0n) is 18.4. The van der Waals surface area contributed by atoms with E-state index in [1.54, 1.807) is 31.2 Å². The number of non-ortho nitro benzene ring substituents is 1. The second-order valence-electron chi connectivity index (χ2n) is 7.20. The number of likely N-dealkylation sites (N-methyl/N-ethyl adjacent to an activating group) is 1. The lowest BCUT2D eigenvalue weighted by Gasteiger charge is -2.32. The maximum absolute atomic E-state index is 13.4. The Morgan fingerprint density at radius 2 is 1.85 bits per heavy atom. The van der Waals surface area contributed by atoms with E-state index in [1.165, 1.54) is 30.1 Å². The van der Waals surface area contributed by atoms with E-state index in [9.17, 15) is 28.1 Å². The van der Waals surface area contributed by atoms with Crippen LogP contribution in [0.5, 0.6) is 0 Å². The summed E-state index contributed by atoms with van der Waals surface area (Å²) in [6.45, 7) is 1.04. The molecule has 0 spiro atoms. The number of amides is 2. The normalized spacial score (nSPS) is 12.0. The molecule has 12 heteroatoms. The summed E-state index contributed by atoms with van der Waals surface area (Å²) < 4.78 is 25.8. The number of carbonyl (C=O) groups is 2. The van der Waals surface area contributed by atoms with Crippen LogP contribution >= 0.6 is 11.6 Å². The van der Waals surface area contributed by atoms with Gasteiger partial charge < -0.3 is 10.2 Å². The second-order valence-corrected chi connectivity index (χ2v) is 9.51. The molecule has 0 saturated heterocycles. The molecule has 33 heavy (non-hydrogen) atoms. The number of carbonyl (C=O) groups excluding carboxylic acids is 2. The smallest absolute Gasteiger partial charge is 0.271 e. The molecule has 0 unspecified atom stereocenters. The molecule has 0 aromatic heterocycles. The lowest BCUT2D eigenvalue weighted by Crippen LogP contribution is -2.51. The van der Waals surface area contributed by atoms with Crippen LogP contribution in [-0.4, -0.2) is 55.9 Å². The zero-order valence-corrected chi connectivity index (χ0v) is 20.0. The van der Waals surface area contributed by atoms with Gasteiger partial charge in [-0.1, -0.05) is 42.8 Å². The average molecular weight is 497 g/mol. The van der Waals surface area contributed by atoms with E-state index in [4.69, 9.17) is 11.6 Å². The Hall–Kier alpha value is -3.18. The lowest BCUT2D eigenvalue weighted by atomic mass is 10.1. The fourth-order valence-corrected chi connectivity index (χ4v) is 4.31. The van der Waals surface area contributed by atoms with Crippen LogP contribution in [0.3, 0.4) is 0 Å². The molecule has 0 aliphatic rings. The molecule has 0 saturated carbocycles. The molecule has 1 N–H and O–H groups in total. The largest absolute Gasteiger partial charge is 0.357 e. The van der Waals surface area contributed by atoms with Crippen LogP contribution < -0.4 is 9.62 Å². The summed E-state index contributed by atoms with van der Waals surface area (Å²) in [5.74, 6) is -1.08. The van der Waals surface area contributed by atoms with E-state index in [0.717, 1.165) is 16.6 Å². The number of anilines is 1. The minimum Gasteiger partial charge on any atom is -0.357 e. The number of sulfonamides is 1. The summed E-state index contributed by atoms with van der Waals surface area (Å²) >= 11 is 6.25. The van der Waals surface area contributed by atoms with Crippen LogP contribution in [0.25, 0.3) is 0 Å². The predicted octanol–water partition coefficient (Wildman–Crippen LogP) is 2.57. The number of hydrogen-bond acceptors (Lipinski definition) is 6. The quantitative estimate of drug-likeness (QED) is 0.397. The maximum Gasteiger partial charge on any atom is 0.271 e. The molecule has 0 radical (unpaired) electrons. The van der Waals surface area contributed by atoms with Crippen molar-refractivity contribution in [2.75, 3.05) is 24.2 Å². The predicted molar refractivity (Wildman–Crippen MR) is 125 cm³/mol. The van der Waals surface area contributed by atoms with E-state index in [1.807, 2.05) is 0 Å². The Morgan fingerprint density at radius 3 is 2.39 bits per heavy atom. The first kappa shape index (κ1) is 26.1. The fraction of sp³-hybridized carbons (Fsp3) is 0.333. The number of nitrogens with zero attached hydrogens (tertiary/aromatic N) is 3. The van der Waals surface area contributed by atoms with Crippen LogP contribution in [0, 0.1) is 10.1 Å².